The number of carbonyl (C=O) groups is 1. The van der Waals surface area contributed by atoms with Crippen LogP contribution < -0.4 is 0 Å². The predicted octanol–water partition coefficient (Wildman–Crippen LogP) is 4.33. The molecule has 0 aliphatic rings. The highest BCUT2D eigenvalue weighted by molar-refractivity contribution is 7.59. The standard InChI is InChI=1S/C13H26ClO5P/c1-7-10-13(14,11(15)19-12(4,5)6)20(16,17-8-2)18-9-3/h7-10H2,1-6H3. The number of rotatable bonds is 8. The minimum Gasteiger partial charge on any atom is -0.458 e. The van der Waals surface area contributed by atoms with Gasteiger partial charge in [0.2, 0.25) is 4.62 Å². The lowest BCUT2D eigenvalue weighted by atomic mass is 10.2. The lowest BCUT2D eigenvalue weighted by Crippen LogP contribution is -2.40. The molecule has 120 valence electrons. The van der Waals surface area contributed by atoms with Gasteiger partial charge in [0.15, 0.2) is 0 Å². The molecule has 0 spiro atoms. The Hall–Kier alpha value is -0.0900. The second-order valence-corrected chi connectivity index (χ2v) is 8.53. The normalized spacial score (nSPS) is 15.8. The Morgan fingerprint density at radius 2 is 1.55 bits per heavy atom. The van der Waals surface area contributed by atoms with E-state index in [9.17, 15) is 9.36 Å². The summed E-state index contributed by atoms with van der Waals surface area (Å²) in [5.74, 6) is -0.765. The molecule has 0 N–H and O–H groups in total. The van der Waals surface area contributed by atoms with E-state index < -0.39 is 23.8 Å². The van der Waals surface area contributed by atoms with Gasteiger partial charge in [0.25, 0.3) is 0 Å². The van der Waals surface area contributed by atoms with Gasteiger partial charge in [0.05, 0.1) is 13.2 Å². The number of hydrogen-bond acceptors (Lipinski definition) is 5. The average molecular weight is 329 g/mol. The number of halogens is 1. The monoisotopic (exact) mass is 328 g/mol. The zero-order valence-electron chi connectivity index (χ0n) is 13.2. The van der Waals surface area contributed by atoms with Gasteiger partial charge in [0.1, 0.15) is 5.60 Å². The van der Waals surface area contributed by atoms with Crippen LogP contribution in [0.2, 0.25) is 0 Å². The van der Waals surface area contributed by atoms with Crippen LogP contribution in [-0.4, -0.2) is 29.4 Å². The van der Waals surface area contributed by atoms with Crippen molar-refractivity contribution in [1.29, 1.82) is 0 Å². The van der Waals surface area contributed by atoms with Crippen LogP contribution in [0.3, 0.4) is 0 Å². The molecular weight excluding hydrogens is 303 g/mol. The molecule has 7 heteroatoms. The van der Waals surface area contributed by atoms with Crippen LogP contribution in [-0.2, 0) is 23.1 Å². The molecule has 0 bridgehead atoms. The topological polar surface area (TPSA) is 61.8 Å². The van der Waals surface area contributed by atoms with Gasteiger partial charge in [-0.2, -0.15) is 0 Å². The zero-order valence-corrected chi connectivity index (χ0v) is 14.8. The zero-order chi connectivity index (χ0) is 16.0. The first kappa shape index (κ1) is 19.9. The van der Waals surface area contributed by atoms with Gasteiger partial charge in [-0.1, -0.05) is 24.9 Å². The van der Waals surface area contributed by atoms with Crippen molar-refractivity contribution in [2.75, 3.05) is 13.2 Å². The Balaban J connectivity index is 5.54. The van der Waals surface area contributed by atoms with E-state index in [0.29, 0.717) is 6.42 Å². The summed E-state index contributed by atoms with van der Waals surface area (Å²) in [5, 5.41) is 0. The van der Waals surface area contributed by atoms with E-state index >= 15 is 0 Å². The second kappa shape index (κ2) is 7.79. The molecule has 1 unspecified atom stereocenters. The van der Waals surface area contributed by atoms with Crippen LogP contribution in [0.5, 0.6) is 0 Å². The third-order valence-electron chi connectivity index (χ3n) is 2.33. The molecular formula is C13H26ClO5P. The first-order valence-electron chi connectivity index (χ1n) is 6.87. The molecule has 0 aromatic heterocycles. The Bertz CT molecular complexity index is 356. The summed E-state index contributed by atoms with van der Waals surface area (Å²) in [4.78, 5) is 12.4. The SMILES string of the molecule is CCCC(Cl)(C(=O)OC(C)(C)C)P(=O)(OCC)OCC. The van der Waals surface area contributed by atoms with Crippen LogP contribution in [0.1, 0.15) is 54.4 Å². The molecule has 0 amide bonds. The number of ether oxygens (including phenoxy) is 1. The summed E-state index contributed by atoms with van der Waals surface area (Å²) in [7, 11) is -3.81. The number of hydrogen-bond donors (Lipinski definition) is 0. The number of carbonyl (C=O) groups excluding carboxylic acids is 1. The number of esters is 1. The number of alkyl halides is 1. The molecule has 0 saturated heterocycles. The Labute approximate surface area is 126 Å². The summed E-state index contributed by atoms with van der Waals surface area (Å²) in [5.41, 5.74) is -0.728. The molecule has 1 atom stereocenters. The maximum atomic E-state index is 12.9. The van der Waals surface area contributed by atoms with E-state index in [4.69, 9.17) is 25.4 Å². The van der Waals surface area contributed by atoms with Crippen molar-refractivity contribution in [2.45, 2.75) is 64.6 Å². The van der Waals surface area contributed by atoms with Crippen molar-refractivity contribution in [3.63, 3.8) is 0 Å². The second-order valence-electron chi connectivity index (χ2n) is 5.34. The molecule has 0 radical (unpaired) electrons. The van der Waals surface area contributed by atoms with Gasteiger partial charge >= 0.3 is 13.6 Å². The van der Waals surface area contributed by atoms with Crippen LogP contribution in [0.25, 0.3) is 0 Å². The average Bonchev–Trinajstić information content (AvgIpc) is 2.27. The van der Waals surface area contributed by atoms with Gasteiger partial charge in [-0.05, 0) is 41.0 Å². The third kappa shape index (κ3) is 5.03. The van der Waals surface area contributed by atoms with E-state index in [1.54, 1.807) is 34.6 Å². The third-order valence-corrected chi connectivity index (χ3v) is 5.76. The molecule has 0 aromatic rings. The van der Waals surface area contributed by atoms with E-state index in [0.717, 1.165) is 0 Å². The largest absolute Gasteiger partial charge is 0.458 e. The summed E-state index contributed by atoms with van der Waals surface area (Å²) >= 11 is 6.37. The molecule has 20 heavy (non-hydrogen) atoms. The molecule has 0 aliphatic carbocycles. The molecule has 0 rings (SSSR count). The van der Waals surface area contributed by atoms with Gasteiger partial charge in [0, 0.05) is 0 Å². The molecule has 5 nitrogen and oxygen atoms in total. The van der Waals surface area contributed by atoms with Crippen molar-refractivity contribution >= 4 is 25.2 Å². The molecule has 0 aliphatic heterocycles. The van der Waals surface area contributed by atoms with Crippen molar-refractivity contribution in [3.05, 3.63) is 0 Å². The first-order chi connectivity index (χ1) is 9.06. The maximum Gasteiger partial charge on any atom is 0.362 e. The van der Waals surface area contributed by atoms with E-state index in [-0.39, 0.29) is 19.6 Å². The smallest absolute Gasteiger partial charge is 0.362 e. The van der Waals surface area contributed by atoms with Crippen molar-refractivity contribution < 1.29 is 23.1 Å². The van der Waals surface area contributed by atoms with Gasteiger partial charge in [-0.3, -0.25) is 4.57 Å². The lowest BCUT2D eigenvalue weighted by molar-refractivity contribution is -0.156. The van der Waals surface area contributed by atoms with Gasteiger partial charge < -0.3 is 13.8 Å². The van der Waals surface area contributed by atoms with Crippen LogP contribution in [0.15, 0.2) is 0 Å². The van der Waals surface area contributed by atoms with Crippen molar-refractivity contribution in [1.82, 2.24) is 0 Å². The van der Waals surface area contributed by atoms with E-state index in [1.807, 2.05) is 6.92 Å². The highest BCUT2D eigenvalue weighted by atomic mass is 35.5. The molecule has 0 heterocycles. The quantitative estimate of drug-likeness (QED) is 0.377. The molecule has 0 saturated carbocycles. The minimum absolute atomic E-state index is 0.137. The Morgan fingerprint density at radius 3 is 1.85 bits per heavy atom. The van der Waals surface area contributed by atoms with Crippen LogP contribution >= 0.6 is 19.2 Å². The Morgan fingerprint density at radius 1 is 1.10 bits per heavy atom. The van der Waals surface area contributed by atoms with Gasteiger partial charge in [-0.15, -0.1) is 0 Å². The maximum absolute atomic E-state index is 12.9. The van der Waals surface area contributed by atoms with Crippen LogP contribution in [0, 0.1) is 0 Å². The first-order valence-corrected chi connectivity index (χ1v) is 8.80. The summed E-state index contributed by atoms with van der Waals surface area (Å²) < 4.78 is 26.8. The highest BCUT2D eigenvalue weighted by Gasteiger charge is 2.57. The fourth-order valence-electron chi connectivity index (χ4n) is 1.62. The van der Waals surface area contributed by atoms with E-state index in [2.05, 4.69) is 0 Å². The predicted molar refractivity (Wildman–Crippen MR) is 80.2 cm³/mol. The fourth-order valence-corrected chi connectivity index (χ4v) is 4.07. The fraction of sp³-hybridized carbons (Fsp3) is 0.923. The van der Waals surface area contributed by atoms with Crippen molar-refractivity contribution in [3.8, 4) is 0 Å². The summed E-state index contributed by atoms with van der Waals surface area (Å²) in [6.45, 7) is 10.6. The van der Waals surface area contributed by atoms with Gasteiger partial charge in [-0.25, -0.2) is 4.79 Å². The lowest BCUT2D eigenvalue weighted by Gasteiger charge is -2.33. The molecule has 0 aromatic carbocycles. The summed E-state index contributed by atoms with van der Waals surface area (Å²) in [6, 6.07) is 0. The minimum atomic E-state index is -3.81. The van der Waals surface area contributed by atoms with E-state index in [1.165, 1.54) is 0 Å². The summed E-state index contributed by atoms with van der Waals surface area (Å²) in [6.07, 6.45) is 0.702. The van der Waals surface area contributed by atoms with Crippen molar-refractivity contribution in [2.24, 2.45) is 0 Å². The van der Waals surface area contributed by atoms with Crippen LogP contribution in [0.4, 0.5) is 0 Å². The molecule has 0 fully saturated rings. The highest BCUT2D eigenvalue weighted by Crippen LogP contribution is 2.64. The Kier molecular flexibility index (Phi) is 7.75.